The number of halogens is 3. The number of nitrogens with one attached hydrogen (secondary N) is 1. The van der Waals surface area contributed by atoms with Crippen LogP contribution in [-0.4, -0.2) is 22.1 Å². The first kappa shape index (κ1) is 14.2. The highest BCUT2D eigenvalue weighted by molar-refractivity contribution is 5.49. The minimum Gasteiger partial charge on any atom is -0.367 e. The van der Waals surface area contributed by atoms with E-state index >= 15 is 0 Å². The Bertz CT molecular complexity index is 448. The Morgan fingerprint density at radius 3 is 2.67 bits per heavy atom. The van der Waals surface area contributed by atoms with Gasteiger partial charge in [-0.05, 0) is 13.8 Å². The molecular weight excluding hydrogens is 251 g/mol. The summed E-state index contributed by atoms with van der Waals surface area (Å²) in [6.45, 7) is 2.84. The maximum atomic E-state index is 12.1. The molecule has 1 atom stereocenters. The summed E-state index contributed by atoms with van der Waals surface area (Å²) in [6, 6.07) is 0.224. The van der Waals surface area contributed by atoms with Crippen LogP contribution in [0.5, 0.6) is 0 Å². The summed E-state index contributed by atoms with van der Waals surface area (Å²) >= 11 is 0. The number of hydrogen-bond donors (Lipinski definition) is 1. The van der Waals surface area contributed by atoms with Crippen LogP contribution < -0.4 is 5.32 Å². The van der Waals surface area contributed by atoms with Crippen LogP contribution in [0.4, 0.5) is 24.7 Å². The smallest absolute Gasteiger partial charge is 0.367 e. The zero-order valence-electron chi connectivity index (χ0n) is 9.78. The van der Waals surface area contributed by atoms with Crippen LogP contribution >= 0.6 is 0 Å². The van der Waals surface area contributed by atoms with E-state index in [1.165, 1.54) is 20.0 Å². The van der Waals surface area contributed by atoms with Crippen molar-refractivity contribution in [3.8, 4) is 0 Å². The molecule has 0 spiro atoms. The topological polar surface area (TPSA) is 68.1 Å². The van der Waals surface area contributed by atoms with E-state index in [-0.39, 0.29) is 11.5 Å². The molecule has 0 saturated carbocycles. The molecule has 0 saturated heterocycles. The van der Waals surface area contributed by atoms with Crippen molar-refractivity contribution in [3.05, 3.63) is 27.9 Å². The third-order valence-electron chi connectivity index (χ3n) is 2.20. The highest BCUT2D eigenvalue weighted by Crippen LogP contribution is 2.24. The van der Waals surface area contributed by atoms with Crippen molar-refractivity contribution in [3.63, 3.8) is 0 Å². The molecular formula is C10H12F3N3O2. The lowest BCUT2D eigenvalue weighted by Gasteiger charge is -2.16. The number of pyridine rings is 1. The van der Waals surface area contributed by atoms with Gasteiger partial charge in [-0.3, -0.25) is 10.1 Å². The third kappa shape index (κ3) is 4.19. The van der Waals surface area contributed by atoms with E-state index in [2.05, 4.69) is 10.3 Å². The Morgan fingerprint density at radius 2 is 2.17 bits per heavy atom. The van der Waals surface area contributed by atoms with E-state index in [1.807, 2.05) is 0 Å². The molecule has 0 bridgehead atoms. The van der Waals surface area contributed by atoms with Crippen LogP contribution in [0, 0.1) is 17.0 Å². The molecule has 1 unspecified atom stereocenters. The normalized spacial score (nSPS) is 13.2. The number of alkyl halides is 3. The molecule has 5 nitrogen and oxygen atoms in total. The molecule has 100 valence electrons. The zero-order valence-corrected chi connectivity index (χ0v) is 9.78. The first-order chi connectivity index (χ1) is 8.19. The standard InChI is InChI=1S/C10H12F3N3O2/c1-6-5-14-9(3-8(6)16(17)18)15-7(2)4-10(11,12)13/h3,5,7H,4H2,1-2H3,(H,14,15). The summed E-state index contributed by atoms with van der Waals surface area (Å²) < 4.78 is 36.3. The van der Waals surface area contributed by atoms with E-state index in [9.17, 15) is 23.3 Å². The molecule has 1 aromatic rings. The van der Waals surface area contributed by atoms with Crippen LogP contribution in [0.3, 0.4) is 0 Å². The van der Waals surface area contributed by atoms with Gasteiger partial charge >= 0.3 is 6.18 Å². The average molecular weight is 263 g/mol. The van der Waals surface area contributed by atoms with E-state index in [0.717, 1.165) is 6.07 Å². The molecule has 8 heteroatoms. The van der Waals surface area contributed by atoms with Gasteiger partial charge in [-0.1, -0.05) is 0 Å². The van der Waals surface area contributed by atoms with E-state index in [1.54, 1.807) is 0 Å². The minimum absolute atomic E-state index is 0.0593. The van der Waals surface area contributed by atoms with Crippen LogP contribution in [0.1, 0.15) is 18.9 Å². The second-order valence-corrected chi connectivity index (χ2v) is 3.98. The largest absolute Gasteiger partial charge is 0.391 e. The molecule has 1 N–H and O–H groups in total. The number of anilines is 1. The van der Waals surface area contributed by atoms with Crippen LogP contribution in [-0.2, 0) is 0 Å². The van der Waals surface area contributed by atoms with E-state index in [4.69, 9.17) is 0 Å². The second kappa shape index (κ2) is 5.19. The van der Waals surface area contributed by atoms with Crippen molar-refractivity contribution in [1.82, 2.24) is 4.98 Å². The monoisotopic (exact) mass is 263 g/mol. The average Bonchev–Trinajstić information content (AvgIpc) is 2.17. The predicted molar refractivity (Wildman–Crippen MR) is 59.4 cm³/mol. The quantitative estimate of drug-likeness (QED) is 0.669. The fourth-order valence-corrected chi connectivity index (χ4v) is 1.44. The molecule has 0 amide bonds. The van der Waals surface area contributed by atoms with E-state index < -0.39 is 23.6 Å². The van der Waals surface area contributed by atoms with Crippen LogP contribution in [0.25, 0.3) is 0 Å². The van der Waals surface area contributed by atoms with Crippen LogP contribution in [0.2, 0.25) is 0 Å². The SMILES string of the molecule is Cc1cnc(NC(C)CC(F)(F)F)cc1[N+](=O)[O-]. The Balaban J connectivity index is 2.80. The zero-order chi connectivity index (χ0) is 13.9. The number of aromatic nitrogens is 1. The Labute approximate surface area is 101 Å². The maximum Gasteiger partial charge on any atom is 0.391 e. The van der Waals surface area contributed by atoms with Crippen molar-refractivity contribution >= 4 is 11.5 Å². The molecule has 0 aromatic carbocycles. The number of rotatable bonds is 4. The fourth-order valence-electron chi connectivity index (χ4n) is 1.44. The minimum atomic E-state index is -4.29. The molecule has 0 aliphatic rings. The van der Waals surface area contributed by atoms with Gasteiger partial charge in [-0.25, -0.2) is 4.98 Å². The van der Waals surface area contributed by atoms with Gasteiger partial charge in [0, 0.05) is 17.8 Å². The highest BCUT2D eigenvalue weighted by atomic mass is 19.4. The summed E-state index contributed by atoms with van der Waals surface area (Å²) in [5.41, 5.74) is 0.181. The summed E-state index contributed by atoms with van der Waals surface area (Å²) in [5.74, 6) is 0.0593. The van der Waals surface area contributed by atoms with Gasteiger partial charge in [0.05, 0.1) is 17.4 Å². The van der Waals surface area contributed by atoms with Gasteiger partial charge in [0.25, 0.3) is 5.69 Å². The molecule has 1 rings (SSSR count). The number of nitrogens with zero attached hydrogens (tertiary/aromatic N) is 2. The van der Waals surface area contributed by atoms with E-state index in [0.29, 0.717) is 5.56 Å². The van der Waals surface area contributed by atoms with Crippen molar-refractivity contribution in [2.45, 2.75) is 32.5 Å². The van der Waals surface area contributed by atoms with Crippen LogP contribution in [0.15, 0.2) is 12.3 Å². The fraction of sp³-hybridized carbons (Fsp3) is 0.500. The third-order valence-corrected chi connectivity index (χ3v) is 2.20. The van der Waals surface area contributed by atoms with Gasteiger partial charge in [-0.15, -0.1) is 0 Å². The molecule has 1 aromatic heterocycles. The lowest BCUT2D eigenvalue weighted by Crippen LogP contribution is -2.24. The number of nitro groups is 1. The van der Waals surface area contributed by atoms with Gasteiger partial charge in [0.15, 0.2) is 0 Å². The summed E-state index contributed by atoms with van der Waals surface area (Å²) in [7, 11) is 0. The Hall–Kier alpha value is -1.86. The Morgan fingerprint density at radius 1 is 1.56 bits per heavy atom. The first-order valence-corrected chi connectivity index (χ1v) is 5.13. The molecule has 0 radical (unpaired) electrons. The second-order valence-electron chi connectivity index (χ2n) is 3.98. The van der Waals surface area contributed by atoms with Crippen molar-refractivity contribution in [1.29, 1.82) is 0 Å². The predicted octanol–water partition coefficient (Wildman–Crippen LogP) is 3.05. The maximum absolute atomic E-state index is 12.1. The van der Waals surface area contributed by atoms with Crippen molar-refractivity contribution < 1.29 is 18.1 Å². The van der Waals surface area contributed by atoms with Gasteiger partial charge in [0.1, 0.15) is 5.82 Å². The molecule has 0 aliphatic heterocycles. The van der Waals surface area contributed by atoms with Gasteiger partial charge in [-0.2, -0.15) is 13.2 Å². The van der Waals surface area contributed by atoms with Gasteiger partial charge < -0.3 is 5.32 Å². The number of aryl methyl sites for hydroxylation is 1. The summed E-state index contributed by atoms with van der Waals surface area (Å²) in [6.07, 6.45) is -4.07. The highest BCUT2D eigenvalue weighted by Gasteiger charge is 2.30. The molecule has 1 heterocycles. The Kier molecular flexibility index (Phi) is 4.10. The molecule has 0 aliphatic carbocycles. The summed E-state index contributed by atoms with van der Waals surface area (Å²) in [5, 5.41) is 13.1. The summed E-state index contributed by atoms with van der Waals surface area (Å²) in [4.78, 5) is 13.9. The first-order valence-electron chi connectivity index (χ1n) is 5.13. The molecule has 0 fully saturated rings. The van der Waals surface area contributed by atoms with Gasteiger partial charge in [0.2, 0.25) is 0 Å². The number of hydrogen-bond acceptors (Lipinski definition) is 4. The van der Waals surface area contributed by atoms with Crippen molar-refractivity contribution in [2.24, 2.45) is 0 Å². The lowest BCUT2D eigenvalue weighted by molar-refractivity contribution is -0.385. The van der Waals surface area contributed by atoms with Crippen molar-refractivity contribution in [2.75, 3.05) is 5.32 Å². The lowest BCUT2D eigenvalue weighted by atomic mass is 10.2. The molecule has 18 heavy (non-hydrogen) atoms.